The Morgan fingerprint density at radius 1 is 1.67 bits per heavy atom. The Kier molecular flexibility index (Phi) is 2.42. The average molecular weight is 164 g/mol. The lowest BCUT2D eigenvalue weighted by Gasteiger charge is -1.92. The van der Waals surface area contributed by atoms with Gasteiger partial charge in [0.25, 0.3) is 0 Å². The van der Waals surface area contributed by atoms with Gasteiger partial charge >= 0.3 is 5.97 Å². The highest BCUT2D eigenvalue weighted by atomic mass is 16.4. The zero-order valence-electron chi connectivity index (χ0n) is 6.27. The fourth-order valence-corrected chi connectivity index (χ4v) is 0.713. The Morgan fingerprint density at radius 2 is 2.42 bits per heavy atom. The highest BCUT2D eigenvalue weighted by molar-refractivity contribution is 5.85. The molecule has 1 rings (SSSR count). The first-order chi connectivity index (χ1) is 5.68. The number of carboxylic acids is 1. The molecule has 0 bridgehead atoms. The van der Waals surface area contributed by atoms with E-state index >= 15 is 0 Å². The smallest absolute Gasteiger partial charge is 0.328 e. The molecule has 0 unspecified atom stereocenters. The molecule has 4 nitrogen and oxygen atoms in total. The molecular formula is C8H8N2O2. The number of hydrogen-bond acceptors (Lipinski definition) is 3. The van der Waals surface area contributed by atoms with Crippen molar-refractivity contribution in [3.8, 4) is 0 Å². The van der Waals surface area contributed by atoms with E-state index in [0.29, 0.717) is 11.4 Å². The second-order valence-electron chi connectivity index (χ2n) is 2.19. The third-order valence-corrected chi connectivity index (χ3v) is 1.20. The summed E-state index contributed by atoms with van der Waals surface area (Å²) in [5.74, 6) is -1.00. The van der Waals surface area contributed by atoms with Crippen LogP contribution in [0.15, 0.2) is 24.4 Å². The molecule has 1 aromatic rings. The molecule has 3 N–H and O–H groups in total. The van der Waals surface area contributed by atoms with Crippen LogP contribution in [0.2, 0.25) is 0 Å². The van der Waals surface area contributed by atoms with Crippen LogP contribution in [-0.4, -0.2) is 16.1 Å². The van der Waals surface area contributed by atoms with Gasteiger partial charge in [-0.1, -0.05) is 0 Å². The van der Waals surface area contributed by atoms with Crippen LogP contribution in [0.3, 0.4) is 0 Å². The largest absolute Gasteiger partial charge is 0.478 e. The van der Waals surface area contributed by atoms with Crippen LogP contribution in [0.25, 0.3) is 6.08 Å². The van der Waals surface area contributed by atoms with Gasteiger partial charge in [0.05, 0.1) is 5.69 Å². The third kappa shape index (κ3) is 2.42. The van der Waals surface area contributed by atoms with Gasteiger partial charge in [0.15, 0.2) is 0 Å². The van der Waals surface area contributed by atoms with Crippen molar-refractivity contribution < 1.29 is 9.90 Å². The number of pyridine rings is 1. The minimum atomic E-state index is -1.00. The van der Waals surface area contributed by atoms with E-state index in [1.165, 1.54) is 12.3 Å². The standard InChI is InChI=1S/C8H8N2O2/c9-6-3-4-10-7(5-6)1-2-8(11)12/h1-5H,(H2,9,10)(H,11,12). The molecule has 0 fully saturated rings. The van der Waals surface area contributed by atoms with Crippen LogP contribution in [0.5, 0.6) is 0 Å². The van der Waals surface area contributed by atoms with E-state index in [1.807, 2.05) is 0 Å². The van der Waals surface area contributed by atoms with E-state index in [0.717, 1.165) is 6.08 Å². The van der Waals surface area contributed by atoms with Crippen LogP contribution >= 0.6 is 0 Å². The molecule has 0 atom stereocenters. The Balaban J connectivity index is 2.83. The molecule has 1 aromatic heterocycles. The summed E-state index contributed by atoms with van der Waals surface area (Å²) < 4.78 is 0. The summed E-state index contributed by atoms with van der Waals surface area (Å²) in [5, 5.41) is 8.30. The first kappa shape index (κ1) is 8.26. The summed E-state index contributed by atoms with van der Waals surface area (Å²) in [6.45, 7) is 0. The van der Waals surface area contributed by atoms with Gasteiger partial charge < -0.3 is 10.8 Å². The maximum absolute atomic E-state index is 10.1. The van der Waals surface area contributed by atoms with Gasteiger partial charge in [-0.2, -0.15) is 0 Å². The summed E-state index contributed by atoms with van der Waals surface area (Å²) in [6, 6.07) is 3.23. The fourth-order valence-electron chi connectivity index (χ4n) is 0.713. The minimum absolute atomic E-state index is 0.539. The van der Waals surface area contributed by atoms with Crippen LogP contribution < -0.4 is 5.73 Å². The van der Waals surface area contributed by atoms with Crippen LogP contribution in [-0.2, 0) is 4.79 Å². The molecule has 12 heavy (non-hydrogen) atoms. The molecule has 0 amide bonds. The summed E-state index contributed by atoms with van der Waals surface area (Å²) in [7, 11) is 0. The summed E-state index contributed by atoms with van der Waals surface area (Å²) >= 11 is 0. The Hall–Kier alpha value is -1.84. The van der Waals surface area contributed by atoms with Gasteiger partial charge in [0, 0.05) is 18.0 Å². The lowest BCUT2D eigenvalue weighted by molar-refractivity contribution is -0.131. The van der Waals surface area contributed by atoms with E-state index in [-0.39, 0.29) is 0 Å². The number of nitrogen functional groups attached to an aromatic ring is 1. The average Bonchev–Trinajstić information content (AvgIpc) is 2.01. The van der Waals surface area contributed by atoms with Crippen molar-refractivity contribution in [2.75, 3.05) is 5.73 Å². The second kappa shape index (κ2) is 3.52. The lowest BCUT2D eigenvalue weighted by atomic mass is 10.3. The van der Waals surface area contributed by atoms with Gasteiger partial charge in [-0.25, -0.2) is 4.79 Å². The van der Waals surface area contributed by atoms with Crippen molar-refractivity contribution in [2.24, 2.45) is 0 Å². The van der Waals surface area contributed by atoms with Crippen molar-refractivity contribution in [3.63, 3.8) is 0 Å². The van der Waals surface area contributed by atoms with Crippen molar-refractivity contribution in [3.05, 3.63) is 30.1 Å². The predicted molar refractivity (Wildman–Crippen MR) is 45.3 cm³/mol. The Labute approximate surface area is 69.4 Å². The SMILES string of the molecule is Nc1ccnc(C=CC(=O)O)c1. The van der Waals surface area contributed by atoms with E-state index in [1.54, 1.807) is 12.1 Å². The lowest BCUT2D eigenvalue weighted by Crippen LogP contribution is -1.89. The summed E-state index contributed by atoms with van der Waals surface area (Å²) in [4.78, 5) is 14.0. The molecule has 62 valence electrons. The summed E-state index contributed by atoms with van der Waals surface area (Å²) in [5.41, 5.74) is 6.55. The zero-order valence-corrected chi connectivity index (χ0v) is 6.27. The zero-order chi connectivity index (χ0) is 8.97. The van der Waals surface area contributed by atoms with E-state index in [9.17, 15) is 4.79 Å². The molecule has 4 heteroatoms. The molecule has 0 saturated carbocycles. The monoisotopic (exact) mass is 164 g/mol. The molecule has 0 radical (unpaired) electrons. The number of aromatic nitrogens is 1. The second-order valence-corrected chi connectivity index (χ2v) is 2.19. The van der Waals surface area contributed by atoms with E-state index in [4.69, 9.17) is 10.8 Å². The van der Waals surface area contributed by atoms with Crippen LogP contribution in [0.4, 0.5) is 5.69 Å². The highest BCUT2D eigenvalue weighted by Gasteiger charge is 1.90. The molecular weight excluding hydrogens is 156 g/mol. The number of hydrogen-bond donors (Lipinski definition) is 2. The molecule has 1 heterocycles. The Bertz CT molecular complexity index is 321. The van der Waals surface area contributed by atoms with Gasteiger partial charge in [-0.05, 0) is 18.2 Å². The van der Waals surface area contributed by atoms with Crippen molar-refractivity contribution in [1.29, 1.82) is 0 Å². The quantitative estimate of drug-likeness (QED) is 0.633. The summed E-state index contributed by atoms with van der Waals surface area (Å²) in [6.07, 6.45) is 3.93. The van der Waals surface area contributed by atoms with Crippen molar-refractivity contribution in [1.82, 2.24) is 4.98 Å². The number of aliphatic carboxylic acids is 1. The number of rotatable bonds is 2. The van der Waals surface area contributed by atoms with E-state index in [2.05, 4.69) is 4.98 Å². The molecule has 0 aromatic carbocycles. The number of anilines is 1. The normalized spacial score (nSPS) is 10.3. The van der Waals surface area contributed by atoms with E-state index < -0.39 is 5.97 Å². The molecule has 0 aliphatic heterocycles. The molecule has 0 saturated heterocycles. The van der Waals surface area contributed by atoms with Gasteiger partial charge in [-0.15, -0.1) is 0 Å². The minimum Gasteiger partial charge on any atom is -0.478 e. The van der Waals surface area contributed by atoms with Gasteiger partial charge in [0.2, 0.25) is 0 Å². The number of nitrogens with two attached hydrogens (primary N) is 1. The topological polar surface area (TPSA) is 76.2 Å². The first-order valence-electron chi connectivity index (χ1n) is 3.31. The number of carboxylic acid groups (broad SMARTS) is 1. The van der Waals surface area contributed by atoms with Crippen molar-refractivity contribution >= 4 is 17.7 Å². The maximum atomic E-state index is 10.1. The fraction of sp³-hybridized carbons (Fsp3) is 0. The van der Waals surface area contributed by atoms with Crippen LogP contribution in [0.1, 0.15) is 5.69 Å². The highest BCUT2D eigenvalue weighted by Crippen LogP contribution is 2.03. The third-order valence-electron chi connectivity index (χ3n) is 1.20. The van der Waals surface area contributed by atoms with Crippen LogP contribution in [0, 0.1) is 0 Å². The molecule has 0 aliphatic rings. The molecule has 0 spiro atoms. The predicted octanol–water partition coefficient (Wildman–Crippen LogP) is 0.762. The first-order valence-corrected chi connectivity index (χ1v) is 3.31. The van der Waals surface area contributed by atoms with Crippen molar-refractivity contribution in [2.45, 2.75) is 0 Å². The van der Waals surface area contributed by atoms with Gasteiger partial charge in [-0.3, -0.25) is 4.98 Å². The number of nitrogens with zero attached hydrogens (tertiary/aromatic N) is 1. The maximum Gasteiger partial charge on any atom is 0.328 e. The number of carbonyl (C=O) groups is 1. The Morgan fingerprint density at radius 3 is 3.00 bits per heavy atom. The molecule has 0 aliphatic carbocycles. The van der Waals surface area contributed by atoms with Gasteiger partial charge in [0.1, 0.15) is 0 Å².